The van der Waals surface area contributed by atoms with Crippen LogP contribution >= 0.6 is 23.2 Å². The van der Waals surface area contributed by atoms with Crippen LogP contribution in [0, 0.1) is 13.8 Å². The van der Waals surface area contributed by atoms with Gasteiger partial charge in [0.2, 0.25) is 0 Å². The van der Waals surface area contributed by atoms with Gasteiger partial charge in [0.05, 0.1) is 36.4 Å². The Morgan fingerprint density at radius 1 is 1.00 bits per heavy atom. The number of rotatable bonds is 5. The fourth-order valence-electron chi connectivity index (χ4n) is 4.31. The number of methoxy groups -OCH3 is 2. The first kappa shape index (κ1) is 24.6. The summed E-state index contributed by atoms with van der Waals surface area (Å²) in [6.07, 6.45) is 3.11. The Labute approximate surface area is 212 Å². The predicted octanol–water partition coefficient (Wildman–Crippen LogP) is 5.65. The van der Waals surface area contributed by atoms with Crippen molar-refractivity contribution in [1.29, 1.82) is 0 Å². The van der Waals surface area contributed by atoms with E-state index in [-0.39, 0.29) is 32.7 Å². The van der Waals surface area contributed by atoms with E-state index in [1.807, 2.05) is 26.0 Å². The van der Waals surface area contributed by atoms with Crippen molar-refractivity contribution in [2.75, 3.05) is 19.1 Å². The second-order valence-electron chi connectivity index (χ2n) is 8.03. The molecule has 1 aliphatic rings. The minimum Gasteiger partial charge on any atom is -0.507 e. The summed E-state index contributed by atoms with van der Waals surface area (Å²) in [4.78, 5) is 32.2. The Morgan fingerprint density at radius 2 is 1.66 bits per heavy atom. The van der Waals surface area contributed by atoms with Crippen molar-refractivity contribution in [2.45, 2.75) is 19.9 Å². The average Bonchev–Trinajstić information content (AvgIpc) is 3.09. The Hall–Kier alpha value is -3.55. The van der Waals surface area contributed by atoms with Crippen molar-refractivity contribution in [3.05, 3.63) is 86.7 Å². The molecule has 1 fully saturated rings. The number of benzene rings is 2. The van der Waals surface area contributed by atoms with Crippen LogP contribution in [0.3, 0.4) is 0 Å². The van der Waals surface area contributed by atoms with Gasteiger partial charge in [0, 0.05) is 18.1 Å². The fourth-order valence-corrected chi connectivity index (χ4v) is 5.00. The number of hydrogen-bond acceptors (Lipinski definition) is 6. The SMILES string of the molecule is COc1c(Cl)cc(/C(O)=C2\C(=O)C(=O)N(c3ccc(C)cc3C)C2c2ccncc2)c(OC)c1Cl. The zero-order valence-electron chi connectivity index (χ0n) is 19.4. The molecule has 0 radical (unpaired) electrons. The number of aryl methyl sites for hydroxylation is 2. The maximum absolute atomic E-state index is 13.4. The third-order valence-corrected chi connectivity index (χ3v) is 6.50. The summed E-state index contributed by atoms with van der Waals surface area (Å²) in [5.41, 5.74) is 2.88. The normalized spacial score (nSPS) is 17.1. The van der Waals surface area contributed by atoms with Crippen molar-refractivity contribution in [2.24, 2.45) is 0 Å². The minimum absolute atomic E-state index is 0.0214. The van der Waals surface area contributed by atoms with Gasteiger partial charge in [-0.2, -0.15) is 0 Å². The molecular weight excluding hydrogens is 491 g/mol. The van der Waals surface area contributed by atoms with Crippen LogP contribution in [-0.4, -0.2) is 36.0 Å². The third kappa shape index (κ3) is 4.11. The number of amides is 1. The zero-order chi connectivity index (χ0) is 25.4. The molecule has 1 saturated heterocycles. The first-order valence-electron chi connectivity index (χ1n) is 10.6. The summed E-state index contributed by atoms with van der Waals surface area (Å²) in [7, 11) is 2.75. The van der Waals surface area contributed by atoms with Crippen LogP contribution in [0.2, 0.25) is 10.0 Å². The van der Waals surface area contributed by atoms with Gasteiger partial charge in [0.1, 0.15) is 10.8 Å². The van der Waals surface area contributed by atoms with E-state index in [0.717, 1.165) is 11.1 Å². The molecule has 0 spiro atoms. The van der Waals surface area contributed by atoms with Crippen molar-refractivity contribution in [1.82, 2.24) is 4.98 Å². The fraction of sp³-hybridized carbons (Fsp3) is 0.192. The van der Waals surface area contributed by atoms with Crippen molar-refractivity contribution in [3.63, 3.8) is 0 Å². The quantitative estimate of drug-likeness (QED) is 0.270. The Kier molecular flexibility index (Phi) is 6.74. The van der Waals surface area contributed by atoms with Crippen LogP contribution in [-0.2, 0) is 9.59 Å². The molecule has 2 aromatic carbocycles. The van der Waals surface area contributed by atoms with Crippen LogP contribution < -0.4 is 14.4 Å². The number of hydrogen-bond donors (Lipinski definition) is 1. The van der Waals surface area contributed by atoms with Gasteiger partial charge in [-0.05, 0) is 49.2 Å². The molecule has 1 aromatic heterocycles. The summed E-state index contributed by atoms with van der Waals surface area (Å²) >= 11 is 12.7. The number of anilines is 1. The number of ketones is 1. The van der Waals surface area contributed by atoms with Crippen LogP contribution in [0.1, 0.15) is 28.3 Å². The van der Waals surface area contributed by atoms with Crippen LogP contribution in [0.15, 0.2) is 54.4 Å². The summed E-state index contributed by atoms with van der Waals surface area (Å²) in [5.74, 6) is -1.89. The van der Waals surface area contributed by atoms with Crippen molar-refractivity contribution >= 4 is 46.3 Å². The Morgan fingerprint density at radius 3 is 2.26 bits per heavy atom. The number of aliphatic hydroxyl groups is 1. The maximum atomic E-state index is 13.4. The first-order valence-corrected chi connectivity index (χ1v) is 11.3. The highest BCUT2D eigenvalue weighted by molar-refractivity contribution is 6.52. The highest BCUT2D eigenvalue weighted by Crippen LogP contribution is 2.48. The van der Waals surface area contributed by atoms with Gasteiger partial charge in [-0.1, -0.05) is 40.9 Å². The van der Waals surface area contributed by atoms with Crippen LogP contribution in [0.4, 0.5) is 5.69 Å². The molecule has 1 atom stereocenters. The number of nitrogens with zero attached hydrogens (tertiary/aromatic N) is 2. The summed E-state index contributed by atoms with van der Waals surface area (Å²) in [6, 6.07) is 9.39. The lowest BCUT2D eigenvalue weighted by atomic mass is 9.95. The van der Waals surface area contributed by atoms with E-state index in [9.17, 15) is 14.7 Å². The number of halogens is 2. The first-order chi connectivity index (χ1) is 16.7. The molecule has 1 amide bonds. The van der Waals surface area contributed by atoms with Gasteiger partial charge in [-0.3, -0.25) is 19.5 Å². The average molecular weight is 513 g/mol. The number of ether oxygens (including phenoxy) is 2. The Bertz CT molecular complexity index is 1370. The number of aliphatic hydroxyl groups excluding tert-OH is 1. The number of pyridine rings is 1. The van der Waals surface area contributed by atoms with E-state index in [2.05, 4.69) is 4.98 Å². The highest BCUT2D eigenvalue weighted by atomic mass is 35.5. The molecule has 0 bridgehead atoms. The molecule has 1 N–H and O–H groups in total. The second-order valence-corrected chi connectivity index (χ2v) is 8.81. The number of carbonyl (C=O) groups is 2. The van der Waals surface area contributed by atoms with Gasteiger partial charge in [-0.25, -0.2) is 0 Å². The molecule has 180 valence electrons. The van der Waals surface area contributed by atoms with Crippen molar-refractivity contribution in [3.8, 4) is 11.5 Å². The zero-order valence-corrected chi connectivity index (χ0v) is 20.9. The summed E-state index contributed by atoms with van der Waals surface area (Å²) in [6.45, 7) is 3.80. The molecule has 4 rings (SSSR count). The van der Waals surface area contributed by atoms with Gasteiger partial charge in [0.15, 0.2) is 11.5 Å². The monoisotopic (exact) mass is 512 g/mol. The van der Waals surface area contributed by atoms with Gasteiger partial charge in [0.25, 0.3) is 11.7 Å². The molecule has 7 nitrogen and oxygen atoms in total. The molecule has 9 heteroatoms. The second kappa shape index (κ2) is 9.60. The largest absolute Gasteiger partial charge is 0.507 e. The van der Waals surface area contributed by atoms with Crippen molar-refractivity contribution < 1.29 is 24.2 Å². The van der Waals surface area contributed by atoms with Gasteiger partial charge < -0.3 is 14.6 Å². The smallest absolute Gasteiger partial charge is 0.300 e. The lowest BCUT2D eigenvalue weighted by Gasteiger charge is -2.27. The highest BCUT2D eigenvalue weighted by Gasteiger charge is 2.47. The van der Waals surface area contributed by atoms with E-state index in [0.29, 0.717) is 11.3 Å². The summed E-state index contributed by atoms with van der Waals surface area (Å²) in [5, 5.41) is 11.6. The van der Waals surface area contributed by atoms with Crippen LogP contribution in [0.5, 0.6) is 11.5 Å². The summed E-state index contributed by atoms with van der Waals surface area (Å²) < 4.78 is 10.6. The minimum atomic E-state index is -0.927. The van der Waals surface area contributed by atoms with E-state index < -0.39 is 23.5 Å². The lowest BCUT2D eigenvalue weighted by molar-refractivity contribution is -0.132. The molecule has 3 aromatic rings. The topological polar surface area (TPSA) is 89.0 Å². The molecule has 2 heterocycles. The van der Waals surface area contributed by atoms with Crippen LogP contribution in [0.25, 0.3) is 5.76 Å². The molecule has 35 heavy (non-hydrogen) atoms. The maximum Gasteiger partial charge on any atom is 0.300 e. The number of Topliss-reactive ketones (excluding diaryl/α,β-unsaturated/α-hetero) is 1. The van der Waals surface area contributed by atoms with E-state index in [4.69, 9.17) is 32.7 Å². The standard InChI is InChI=1S/C26H22Cl2N2O5/c1-13-5-6-18(14(2)11-13)30-21(15-7-9-29-10-8-15)19(23(32)26(30)33)22(31)16-12-17(27)25(35-4)20(28)24(16)34-3/h5-12,21,31H,1-4H3/b22-19+. The molecule has 1 unspecified atom stereocenters. The molecular formula is C26H22Cl2N2O5. The van der Waals surface area contributed by atoms with Gasteiger partial charge in [-0.15, -0.1) is 0 Å². The predicted molar refractivity (Wildman–Crippen MR) is 135 cm³/mol. The molecule has 1 aliphatic heterocycles. The molecule has 0 saturated carbocycles. The van der Waals surface area contributed by atoms with E-state index >= 15 is 0 Å². The van der Waals surface area contributed by atoms with E-state index in [1.54, 1.807) is 30.6 Å². The Balaban J connectivity index is 2.02. The third-order valence-electron chi connectivity index (χ3n) is 5.87. The molecule has 0 aliphatic carbocycles. The van der Waals surface area contributed by atoms with Gasteiger partial charge >= 0.3 is 0 Å². The lowest BCUT2D eigenvalue weighted by Crippen LogP contribution is -2.30. The van der Waals surface area contributed by atoms with E-state index in [1.165, 1.54) is 25.2 Å². The number of carbonyl (C=O) groups excluding carboxylic acids is 2. The number of aromatic nitrogens is 1.